The molecule has 1 rings (SSSR count). The molecular weight excluding hydrogens is 301 g/mol. The van der Waals surface area contributed by atoms with Gasteiger partial charge in [0.05, 0.1) is 15.7 Å². The Morgan fingerprint density at radius 1 is 1.15 bits per heavy atom. The van der Waals surface area contributed by atoms with E-state index in [2.05, 4.69) is 0 Å². The van der Waals surface area contributed by atoms with Crippen molar-refractivity contribution >= 4 is 11.0 Å². The van der Waals surface area contributed by atoms with E-state index in [1.165, 1.54) is 20.8 Å². The maximum Gasteiger partial charge on any atom is 0.408 e. The van der Waals surface area contributed by atoms with Crippen LogP contribution in [0.4, 0.5) is 22.0 Å². The van der Waals surface area contributed by atoms with Crippen molar-refractivity contribution < 1.29 is 26.2 Å². The molecule has 8 heteroatoms. The van der Waals surface area contributed by atoms with E-state index in [9.17, 15) is 26.2 Å². The first-order valence-corrected chi connectivity index (χ1v) is 6.77. The van der Waals surface area contributed by atoms with Crippen molar-refractivity contribution in [1.82, 2.24) is 4.72 Å². The zero-order valence-corrected chi connectivity index (χ0v) is 11.8. The normalized spacial score (nSPS) is 16.0. The largest absolute Gasteiger partial charge is 0.408 e. The number of alkyl halides is 3. The molecule has 0 unspecified atom stereocenters. The summed E-state index contributed by atoms with van der Waals surface area (Å²) < 4.78 is 77.9. The number of benzene rings is 1. The van der Waals surface area contributed by atoms with Gasteiger partial charge in [-0.3, -0.25) is 0 Å². The molecule has 0 aromatic heterocycles. The molecule has 0 spiro atoms. The Hall–Kier alpha value is -1.02. The minimum Gasteiger partial charge on any atom is -0.242 e. The minimum atomic E-state index is -4.86. The summed E-state index contributed by atoms with van der Waals surface area (Å²) in [6, 6.07) is -0.701. The molecule has 0 aliphatic heterocycles. The van der Waals surface area contributed by atoms with Gasteiger partial charge < -0.3 is 0 Å². The average Bonchev–Trinajstić information content (AvgIpc) is 2.23. The van der Waals surface area contributed by atoms with Gasteiger partial charge in [0, 0.05) is 11.6 Å². The Balaban J connectivity index is 3.18. The van der Waals surface area contributed by atoms with Crippen LogP contribution in [0.2, 0.25) is 0 Å². The minimum absolute atomic E-state index is 0.357. The zero-order chi connectivity index (χ0) is 15.7. The van der Waals surface area contributed by atoms with Crippen molar-refractivity contribution in [2.75, 3.05) is 0 Å². The van der Waals surface area contributed by atoms with Gasteiger partial charge in [0.2, 0.25) is 0 Å². The fourth-order valence-electron chi connectivity index (χ4n) is 1.33. The molecule has 0 saturated carbocycles. The third-order valence-corrected chi connectivity index (χ3v) is 3.94. The molecule has 0 aliphatic carbocycles. The maximum absolute atomic E-state index is 13.5. The number of rotatable bonds is 3. The van der Waals surface area contributed by atoms with Crippen molar-refractivity contribution in [2.24, 2.45) is 0 Å². The van der Waals surface area contributed by atoms with E-state index in [1.807, 2.05) is 4.72 Å². The van der Waals surface area contributed by atoms with Gasteiger partial charge in [-0.15, -0.1) is 0 Å². The molecule has 0 bridgehead atoms. The van der Waals surface area contributed by atoms with Gasteiger partial charge in [-0.1, -0.05) is 6.07 Å². The van der Waals surface area contributed by atoms with Crippen LogP contribution in [0.5, 0.6) is 0 Å². The van der Waals surface area contributed by atoms with Crippen LogP contribution in [0.15, 0.2) is 18.2 Å². The number of nitrogens with one attached hydrogen (secondary N) is 1. The zero-order valence-electron chi connectivity index (χ0n) is 11.0. The summed E-state index contributed by atoms with van der Waals surface area (Å²) >= 11 is 0. The van der Waals surface area contributed by atoms with E-state index in [4.69, 9.17) is 0 Å². The molecule has 0 radical (unpaired) electrons. The monoisotopic (exact) mass is 315 g/mol. The van der Waals surface area contributed by atoms with Crippen molar-refractivity contribution in [3.05, 3.63) is 35.4 Å². The van der Waals surface area contributed by atoms with Crippen LogP contribution < -0.4 is 4.72 Å². The first kappa shape index (κ1) is 17.0. The van der Waals surface area contributed by atoms with E-state index in [0.717, 1.165) is 6.07 Å². The van der Waals surface area contributed by atoms with E-state index >= 15 is 0 Å². The lowest BCUT2D eigenvalue weighted by molar-refractivity contribution is -0.153. The van der Waals surface area contributed by atoms with Crippen LogP contribution in [-0.2, 0) is 11.0 Å². The molecular formula is C12H14F5NOS. The SMILES string of the molecule is CC(C)(C)[S@](=O)N[C@@H](c1ccc(F)cc1F)C(F)(F)F. The molecule has 1 aromatic carbocycles. The lowest BCUT2D eigenvalue weighted by atomic mass is 10.1. The number of hydrogen-bond donors (Lipinski definition) is 1. The van der Waals surface area contributed by atoms with Crippen LogP contribution in [0.1, 0.15) is 32.4 Å². The Morgan fingerprint density at radius 2 is 1.70 bits per heavy atom. The standard InChI is InChI=1S/C12H14F5NOS/c1-11(2,3)20(19)18-10(12(15,16)17)8-5-4-7(13)6-9(8)14/h4-6,10,18H,1-3H3/t10-,20-/m0/s1. The highest BCUT2D eigenvalue weighted by Crippen LogP contribution is 2.35. The van der Waals surface area contributed by atoms with Crippen molar-refractivity contribution in [3.63, 3.8) is 0 Å². The van der Waals surface area contributed by atoms with Crippen LogP contribution in [0.25, 0.3) is 0 Å². The smallest absolute Gasteiger partial charge is 0.242 e. The third-order valence-electron chi connectivity index (χ3n) is 2.38. The molecule has 0 amide bonds. The molecule has 2 atom stereocenters. The molecule has 1 aromatic rings. The Kier molecular flexibility index (Phi) is 4.91. The Labute approximate surface area is 116 Å². The topological polar surface area (TPSA) is 29.1 Å². The lowest BCUT2D eigenvalue weighted by Gasteiger charge is -2.26. The van der Waals surface area contributed by atoms with E-state index in [1.54, 1.807) is 0 Å². The first-order valence-electron chi connectivity index (χ1n) is 5.62. The van der Waals surface area contributed by atoms with Crippen molar-refractivity contribution in [3.8, 4) is 0 Å². The van der Waals surface area contributed by atoms with Crippen LogP contribution in [-0.4, -0.2) is 15.1 Å². The third kappa shape index (κ3) is 4.24. The predicted octanol–water partition coefficient (Wildman–Crippen LogP) is 3.62. The second-order valence-electron chi connectivity index (χ2n) is 5.14. The quantitative estimate of drug-likeness (QED) is 0.848. The lowest BCUT2D eigenvalue weighted by Crippen LogP contribution is -2.42. The summed E-state index contributed by atoms with van der Waals surface area (Å²) in [6.45, 7) is 4.43. The van der Waals surface area contributed by atoms with Gasteiger partial charge in [0.25, 0.3) is 0 Å². The predicted molar refractivity (Wildman–Crippen MR) is 66.2 cm³/mol. The van der Waals surface area contributed by atoms with Crippen LogP contribution in [0.3, 0.4) is 0 Å². The van der Waals surface area contributed by atoms with Gasteiger partial charge in [0.15, 0.2) is 0 Å². The Morgan fingerprint density at radius 3 is 2.10 bits per heavy atom. The maximum atomic E-state index is 13.5. The highest BCUT2D eigenvalue weighted by Gasteiger charge is 2.44. The molecule has 114 valence electrons. The van der Waals surface area contributed by atoms with Gasteiger partial charge in [0.1, 0.15) is 17.7 Å². The highest BCUT2D eigenvalue weighted by atomic mass is 32.2. The summed E-state index contributed by atoms with van der Waals surface area (Å²) in [4.78, 5) is 0. The molecule has 0 aliphatic rings. The van der Waals surface area contributed by atoms with E-state index < -0.39 is 45.1 Å². The average molecular weight is 315 g/mol. The fraction of sp³-hybridized carbons (Fsp3) is 0.500. The molecule has 0 heterocycles. The summed E-state index contributed by atoms with van der Waals surface area (Å²) in [5, 5.41) is 0. The number of halogens is 5. The summed E-state index contributed by atoms with van der Waals surface area (Å²) in [7, 11) is -2.06. The molecule has 1 N–H and O–H groups in total. The molecule has 20 heavy (non-hydrogen) atoms. The molecule has 0 fully saturated rings. The first-order chi connectivity index (χ1) is 8.93. The van der Waals surface area contributed by atoms with Gasteiger partial charge in [-0.2, -0.15) is 13.2 Å². The van der Waals surface area contributed by atoms with Crippen LogP contribution >= 0.6 is 0 Å². The van der Waals surface area contributed by atoms with Crippen molar-refractivity contribution in [1.29, 1.82) is 0 Å². The van der Waals surface area contributed by atoms with E-state index in [-0.39, 0.29) is 0 Å². The van der Waals surface area contributed by atoms with Crippen LogP contribution in [0, 0.1) is 11.6 Å². The number of hydrogen-bond acceptors (Lipinski definition) is 1. The van der Waals surface area contributed by atoms with Gasteiger partial charge in [-0.05, 0) is 26.8 Å². The van der Waals surface area contributed by atoms with Gasteiger partial charge >= 0.3 is 6.18 Å². The van der Waals surface area contributed by atoms with Crippen molar-refractivity contribution in [2.45, 2.75) is 37.7 Å². The fourth-order valence-corrected chi connectivity index (χ4v) is 2.15. The second kappa shape index (κ2) is 5.77. The summed E-state index contributed by atoms with van der Waals surface area (Å²) in [5.74, 6) is -2.32. The Bertz CT molecular complexity index is 510. The van der Waals surface area contributed by atoms with E-state index in [0.29, 0.717) is 12.1 Å². The molecule has 0 saturated heterocycles. The summed E-state index contributed by atoms with van der Waals surface area (Å²) in [5.41, 5.74) is -0.795. The van der Waals surface area contributed by atoms with Gasteiger partial charge in [-0.25, -0.2) is 17.7 Å². The highest BCUT2D eigenvalue weighted by molar-refractivity contribution is 7.84. The summed E-state index contributed by atoms with van der Waals surface area (Å²) in [6.07, 6.45) is -4.86. The second-order valence-corrected chi connectivity index (χ2v) is 7.14. The molecule has 2 nitrogen and oxygen atoms in total.